The van der Waals surface area contributed by atoms with Crippen molar-refractivity contribution in [2.75, 3.05) is 5.73 Å². The normalized spacial score (nSPS) is 9.67. The summed E-state index contributed by atoms with van der Waals surface area (Å²) in [4.78, 5) is 25.9. The van der Waals surface area contributed by atoms with Gasteiger partial charge in [0.05, 0.1) is 0 Å². The van der Waals surface area contributed by atoms with Gasteiger partial charge in [-0.15, -0.1) is 0 Å². The molecule has 64 valence electrons. The van der Waals surface area contributed by atoms with Gasteiger partial charge in [-0.1, -0.05) is 0 Å². The summed E-state index contributed by atoms with van der Waals surface area (Å²) < 4.78 is 0. The standard InChI is InChI=1S/C5H5N3O4/c6-1-3(9)7-2(5(11)12)8-4(1)10/h6H2,(H,11,12)(H2,7,8,9,10). The van der Waals surface area contributed by atoms with E-state index in [4.69, 9.17) is 15.9 Å². The molecular weight excluding hydrogens is 166 g/mol. The zero-order valence-electron chi connectivity index (χ0n) is 5.74. The predicted molar refractivity (Wildman–Crippen MR) is 37.9 cm³/mol. The van der Waals surface area contributed by atoms with Crippen molar-refractivity contribution in [3.05, 3.63) is 16.2 Å². The van der Waals surface area contributed by atoms with Crippen LogP contribution in [0.4, 0.5) is 5.69 Å². The number of hydrogen-bond donors (Lipinski definition) is 4. The Bertz CT molecular complexity index is 383. The highest BCUT2D eigenvalue weighted by atomic mass is 16.4. The summed E-state index contributed by atoms with van der Waals surface area (Å²) in [5.74, 6) is -2.87. The maximum atomic E-state index is 10.7. The van der Waals surface area contributed by atoms with E-state index < -0.39 is 28.9 Å². The van der Waals surface area contributed by atoms with Crippen LogP contribution in [0.5, 0.6) is 5.88 Å². The minimum Gasteiger partial charge on any atom is -0.492 e. The van der Waals surface area contributed by atoms with Gasteiger partial charge < -0.3 is 15.9 Å². The molecule has 0 saturated carbocycles. The van der Waals surface area contributed by atoms with Crippen LogP contribution in [0.15, 0.2) is 4.79 Å². The van der Waals surface area contributed by atoms with E-state index in [0.29, 0.717) is 0 Å². The van der Waals surface area contributed by atoms with Crippen molar-refractivity contribution in [1.29, 1.82) is 0 Å². The molecule has 0 aliphatic rings. The number of carboxylic acids is 1. The van der Waals surface area contributed by atoms with Crippen LogP contribution in [-0.4, -0.2) is 26.2 Å². The Morgan fingerprint density at radius 2 is 2.17 bits per heavy atom. The molecule has 5 N–H and O–H groups in total. The van der Waals surface area contributed by atoms with E-state index in [1.165, 1.54) is 0 Å². The molecule has 0 aliphatic carbocycles. The fourth-order valence-corrected chi connectivity index (χ4v) is 0.572. The number of aromatic amines is 1. The Labute approximate surface area is 65.5 Å². The molecule has 0 aliphatic heterocycles. The molecule has 7 nitrogen and oxygen atoms in total. The van der Waals surface area contributed by atoms with Crippen LogP contribution in [0.2, 0.25) is 0 Å². The van der Waals surface area contributed by atoms with Gasteiger partial charge in [0.25, 0.3) is 5.56 Å². The van der Waals surface area contributed by atoms with Crippen molar-refractivity contribution >= 4 is 11.7 Å². The number of rotatable bonds is 1. The molecule has 0 unspecified atom stereocenters. The van der Waals surface area contributed by atoms with Crippen LogP contribution in [0.25, 0.3) is 0 Å². The fraction of sp³-hybridized carbons (Fsp3) is 0. The Morgan fingerprint density at radius 1 is 1.58 bits per heavy atom. The van der Waals surface area contributed by atoms with E-state index in [1.807, 2.05) is 4.98 Å². The highest BCUT2D eigenvalue weighted by Crippen LogP contribution is 2.08. The van der Waals surface area contributed by atoms with Crippen LogP contribution in [0, 0.1) is 0 Å². The zero-order valence-corrected chi connectivity index (χ0v) is 5.74. The molecule has 7 heteroatoms. The third-order valence-electron chi connectivity index (χ3n) is 1.14. The molecular formula is C5H5N3O4. The Kier molecular flexibility index (Phi) is 1.70. The number of aromatic nitrogens is 2. The van der Waals surface area contributed by atoms with E-state index in [1.54, 1.807) is 0 Å². The highest BCUT2D eigenvalue weighted by molar-refractivity contribution is 5.83. The summed E-state index contributed by atoms with van der Waals surface area (Å²) in [5.41, 5.74) is 3.63. The van der Waals surface area contributed by atoms with Crippen LogP contribution in [0.1, 0.15) is 10.6 Å². The second kappa shape index (κ2) is 2.53. The number of nitrogens with two attached hydrogens (primary N) is 1. The van der Waals surface area contributed by atoms with E-state index in [2.05, 4.69) is 4.98 Å². The van der Waals surface area contributed by atoms with Crippen molar-refractivity contribution in [2.24, 2.45) is 0 Å². The van der Waals surface area contributed by atoms with Gasteiger partial charge >= 0.3 is 5.97 Å². The van der Waals surface area contributed by atoms with Crippen molar-refractivity contribution in [2.45, 2.75) is 0 Å². The predicted octanol–water partition coefficient (Wildman–Crippen LogP) is -1.24. The second-order valence-corrected chi connectivity index (χ2v) is 1.96. The number of anilines is 1. The van der Waals surface area contributed by atoms with Gasteiger partial charge in [0, 0.05) is 0 Å². The number of aromatic carboxylic acids is 1. The highest BCUT2D eigenvalue weighted by Gasteiger charge is 2.11. The second-order valence-electron chi connectivity index (χ2n) is 1.96. The summed E-state index contributed by atoms with van der Waals surface area (Å²) in [6.45, 7) is 0. The monoisotopic (exact) mass is 171 g/mol. The third kappa shape index (κ3) is 1.19. The molecule has 1 heterocycles. The Morgan fingerprint density at radius 3 is 2.58 bits per heavy atom. The van der Waals surface area contributed by atoms with Crippen LogP contribution in [-0.2, 0) is 0 Å². The number of aromatic hydroxyl groups is 1. The van der Waals surface area contributed by atoms with Crippen molar-refractivity contribution in [3.63, 3.8) is 0 Å². The third-order valence-corrected chi connectivity index (χ3v) is 1.14. The molecule has 0 spiro atoms. The molecule has 0 bridgehead atoms. The number of hydrogen-bond acceptors (Lipinski definition) is 5. The van der Waals surface area contributed by atoms with E-state index in [-0.39, 0.29) is 0 Å². The zero-order chi connectivity index (χ0) is 9.30. The lowest BCUT2D eigenvalue weighted by Crippen LogP contribution is -2.18. The molecule has 0 aromatic carbocycles. The minimum absolute atomic E-state index is 0.500. The van der Waals surface area contributed by atoms with Crippen molar-refractivity contribution in [3.8, 4) is 5.88 Å². The van der Waals surface area contributed by atoms with Crippen LogP contribution < -0.4 is 11.3 Å². The summed E-state index contributed by atoms with van der Waals surface area (Å²) >= 11 is 0. The van der Waals surface area contributed by atoms with Crippen molar-refractivity contribution < 1.29 is 15.0 Å². The molecule has 0 radical (unpaired) electrons. The lowest BCUT2D eigenvalue weighted by atomic mass is 10.5. The topological polar surface area (TPSA) is 129 Å². The van der Waals surface area contributed by atoms with Gasteiger partial charge in [-0.3, -0.25) is 9.78 Å². The first-order valence-electron chi connectivity index (χ1n) is 2.84. The van der Waals surface area contributed by atoms with E-state index >= 15 is 0 Å². The first kappa shape index (κ1) is 8.05. The average molecular weight is 171 g/mol. The maximum absolute atomic E-state index is 10.7. The van der Waals surface area contributed by atoms with Gasteiger partial charge in [0.2, 0.25) is 11.7 Å². The molecule has 1 aromatic rings. The van der Waals surface area contributed by atoms with Gasteiger partial charge in [-0.25, -0.2) is 4.79 Å². The van der Waals surface area contributed by atoms with Gasteiger partial charge in [-0.05, 0) is 0 Å². The molecule has 0 atom stereocenters. The van der Waals surface area contributed by atoms with E-state index in [0.717, 1.165) is 0 Å². The lowest BCUT2D eigenvalue weighted by molar-refractivity contribution is 0.0682. The molecule has 1 aromatic heterocycles. The van der Waals surface area contributed by atoms with Crippen molar-refractivity contribution in [1.82, 2.24) is 9.97 Å². The average Bonchev–Trinajstić information content (AvgIpc) is 1.99. The Balaban J connectivity index is 3.41. The van der Waals surface area contributed by atoms with E-state index in [9.17, 15) is 9.59 Å². The minimum atomic E-state index is -1.44. The number of nitrogen functional groups attached to an aromatic ring is 1. The summed E-state index contributed by atoms with van der Waals surface area (Å²) in [5, 5.41) is 17.2. The molecule has 0 saturated heterocycles. The molecule has 0 fully saturated rings. The number of nitrogens with one attached hydrogen (secondary N) is 1. The fourth-order valence-electron chi connectivity index (χ4n) is 0.572. The Hall–Kier alpha value is -2.05. The lowest BCUT2D eigenvalue weighted by Gasteiger charge is -1.97. The first-order valence-corrected chi connectivity index (χ1v) is 2.84. The summed E-state index contributed by atoms with van der Waals surface area (Å²) in [6.07, 6.45) is 0. The maximum Gasteiger partial charge on any atom is 0.372 e. The molecule has 0 amide bonds. The number of nitrogens with zero attached hydrogens (tertiary/aromatic N) is 1. The van der Waals surface area contributed by atoms with Gasteiger partial charge in [-0.2, -0.15) is 4.98 Å². The SMILES string of the molecule is Nc1c(O)nc(C(=O)O)[nH]c1=O. The summed E-state index contributed by atoms with van der Waals surface area (Å²) in [7, 11) is 0. The number of carbonyl (C=O) groups is 1. The first-order chi connectivity index (χ1) is 5.52. The summed E-state index contributed by atoms with van der Waals surface area (Å²) in [6, 6.07) is 0. The van der Waals surface area contributed by atoms with Crippen LogP contribution in [0.3, 0.4) is 0 Å². The number of carboxylic acid groups (broad SMARTS) is 1. The quantitative estimate of drug-likeness (QED) is 0.418. The molecule has 1 rings (SSSR count). The smallest absolute Gasteiger partial charge is 0.372 e. The van der Waals surface area contributed by atoms with Crippen LogP contribution >= 0.6 is 0 Å². The number of H-pyrrole nitrogens is 1. The largest absolute Gasteiger partial charge is 0.492 e. The molecule has 12 heavy (non-hydrogen) atoms. The van der Waals surface area contributed by atoms with Gasteiger partial charge in [0.15, 0.2) is 5.69 Å². The van der Waals surface area contributed by atoms with Gasteiger partial charge in [0.1, 0.15) is 0 Å².